The second-order valence-electron chi connectivity index (χ2n) is 7.47. The Bertz CT molecular complexity index is 1260. The fraction of sp³-hybridized carbons (Fsp3) is 0.182. The molecule has 8 heteroatoms. The lowest BCUT2D eigenvalue weighted by Gasteiger charge is -2.22. The number of imidazole rings is 1. The first-order chi connectivity index (χ1) is 14.5. The first kappa shape index (κ1) is 19.1. The highest BCUT2D eigenvalue weighted by Crippen LogP contribution is 2.34. The molecule has 0 bridgehead atoms. The summed E-state index contributed by atoms with van der Waals surface area (Å²) in [5.74, 6) is 1.22. The number of para-hydroxylation sites is 1. The van der Waals surface area contributed by atoms with Crippen LogP contribution in [0.15, 0.2) is 61.1 Å². The van der Waals surface area contributed by atoms with Crippen molar-refractivity contribution in [2.45, 2.75) is 18.9 Å². The van der Waals surface area contributed by atoms with Gasteiger partial charge in [-0.1, -0.05) is 30.8 Å². The number of nitrogens with one attached hydrogen (secondary N) is 2. The summed E-state index contributed by atoms with van der Waals surface area (Å²) < 4.78 is 15.5. The number of hydrogen-bond donors (Lipinski definition) is 2. The monoisotopic (exact) mass is 514 g/mol. The highest BCUT2D eigenvalue weighted by molar-refractivity contribution is 14.1. The van der Waals surface area contributed by atoms with E-state index in [2.05, 4.69) is 44.8 Å². The molecule has 30 heavy (non-hydrogen) atoms. The predicted octanol–water partition coefficient (Wildman–Crippen LogP) is 5.09. The van der Waals surface area contributed by atoms with Gasteiger partial charge in [-0.15, -0.1) is 0 Å². The molecule has 2 aromatic carbocycles. The van der Waals surface area contributed by atoms with Crippen molar-refractivity contribution in [3.8, 4) is 22.6 Å². The number of halogens is 2. The maximum absolute atomic E-state index is 13.8. The van der Waals surface area contributed by atoms with Gasteiger partial charge in [-0.05, 0) is 36.6 Å². The van der Waals surface area contributed by atoms with Gasteiger partial charge in [0.2, 0.25) is 0 Å². The number of aromatic amines is 1. The van der Waals surface area contributed by atoms with Crippen LogP contribution in [0.2, 0.25) is 0 Å². The van der Waals surface area contributed by atoms with Crippen LogP contribution in [0, 0.1) is 5.82 Å². The zero-order valence-corrected chi connectivity index (χ0v) is 18.5. The summed E-state index contributed by atoms with van der Waals surface area (Å²) in [7, 11) is 1.97. The summed E-state index contributed by atoms with van der Waals surface area (Å²) in [6.07, 6.45) is 4.30. The third-order valence-electron chi connectivity index (χ3n) is 5.25. The number of rotatable bonds is 6. The van der Waals surface area contributed by atoms with E-state index in [9.17, 15) is 4.39 Å². The van der Waals surface area contributed by atoms with Crippen molar-refractivity contribution >= 4 is 39.6 Å². The number of nitrogens with zero attached hydrogens (tertiary/aromatic N) is 4. The minimum Gasteiger partial charge on any atom is -0.369 e. The summed E-state index contributed by atoms with van der Waals surface area (Å²) in [6, 6.07) is 12.9. The molecule has 0 unspecified atom stereocenters. The summed E-state index contributed by atoms with van der Waals surface area (Å²) in [5, 5.41) is 8.06. The molecule has 0 aliphatic heterocycles. The molecule has 5 rings (SSSR count). The number of anilines is 1. The van der Waals surface area contributed by atoms with Crippen LogP contribution < -0.4 is 10.2 Å². The largest absolute Gasteiger partial charge is 0.369 e. The van der Waals surface area contributed by atoms with Gasteiger partial charge in [0, 0.05) is 18.7 Å². The second kappa shape index (κ2) is 7.42. The van der Waals surface area contributed by atoms with Crippen molar-refractivity contribution in [1.29, 1.82) is 0 Å². The van der Waals surface area contributed by atoms with Crippen LogP contribution in [-0.2, 0) is 0 Å². The van der Waals surface area contributed by atoms with E-state index in [0.29, 0.717) is 11.9 Å². The van der Waals surface area contributed by atoms with E-state index in [1.807, 2.05) is 42.4 Å². The standard InChI is InChI=1S/C22H20FIN6/c1-13(25-16-9-10-16)29(2)19-12-30(24)28-21(19)22-26-18-8-4-7-17(20(18)27-22)14-5-3-6-15(23)11-14/h3-8,11-12,16,25H,1,9-10H2,2H3,(H,26,27). The van der Waals surface area contributed by atoms with Gasteiger partial charge < -0.3 is 15.2 Å². The molecule has 2 heterocycles. The average Bonchev–Trinajstić information content (AvgIpc) is 3.29. The van der Waals surface area contributed by atoms with Crippen molar-refractivity contribution in [1.82, 2.24) is 23.3 Å². The van der Waals surface area contributed by atoms with Crippen LogP contribution in [0.4, 0.5) is 10.1 Å². The zero-order valence-electron chi connectivity index (χ0n) is 16.4. The maximum Gasteiger partial charge on any atom is 0.161 e. The van der Waals surface area contributed by atoms with E-state index in [-0.39, 0.29) is 5.82 Å². The van der Waals surface area contributed by atoms with E-state index in [1.165, 1.54) is 25.0 Å². The molecule has 2 N–H and O–H groups in total. The highest BCUT2D eigenvalue weighted by atomic mass is 127. The van der Waals surface area contributed by atoms with Crippen LogP contribution in [-0.4, -0.2) is 31.1 Å². The maximum atomic E-state index is 13.8. The Hall–Kier alpha value is -2.88. The Morgan fingerprint density at radius 2 is 2.10 bits per heavy atom. The van der Waals surface area contributed by atoms with Crippen molar-refractivity contribution < 1.29 is 4.39 Å². The molecular weight excluding hydrogens is 494 g/mol. The molecular formula is C22H20FIN6. The number of aromatic nitrogens is 4. The fourth-order valence-electron chi connectivity index (χ4n) is 3.49. The molecule has 6 nitrogen and oxygen atoms in total. The van der Waals surface area contributed by atoms with Gasteiger partial charge >= 0.3 is 0 Å². The Kier molecular flexibility index (Phi) is 4.73. The van der Waals surface area contributed by atoms with Crippen LogP contribution >= 0.6 is 22.9 Å². The van der Waals surface area contributed by atoms with Crippen LogP contribution in [0.3, 0.4) is 0 Å². The number of H-pyrrole nitrogens is 1. The Labute approximate surface area is 187 Å². The molecule has 0 saturated heterocycles. The fourth-order valence-corrected chi connectivity index (χ4v) is 3.97. The first-order valence-corrected chi connectivity index (χ1v) is 10.7. The van der Waals surface area contributed by atoms with E-state index in [4.69, 9.17) is 4.98 Å². The third kappa shape index (κ3) is 3.55. The van der Waals surface area contributed by atoms with Crippen molar-refractivity contribution in [3.05, 3.63) is 66.9 Å². The molecule has 1 aliphatic rings. The second-order valence-corrected chi connectivity index (χ2v) is 8.46. The van der Waals surface area contributed by atoms with E-state index < -0.39 is 0 Å². The number of fused-ring (bicyclic) bond motifs is 1. The van der Waals surface area contributed by atoms with Gasteiger partial charge in [0.05, 0.1) is 51.6 Å². The SMILES string of the molecule is C=C(NC1CC1)N(C)c1cn(I)nc1-c1nc2c(-c3cccc(F)c3)cccc2[nH]1. The number of hydrogen-bond acceptors (Lipinski definition) is 4. The van der Waals surface area contributed by atoms with Crippen LogP contribution in [0.1, 0.15) is 12.8 Å². The molecule has 4 aromatic rings. The first-order valence-electron chi connectivity index (χ1n) is 9.69. The van der Waals surface area contributed by atoms with E-state index in [0.717, 1.165) is 39.4 Å². The lowest BCUT2D eigenvalue weighted by Crippen LogP contribution is -2.29. The molecule has 1 aliphatic carbocycles. The zero-order chi connectivity index (χ0) is 20.8. The van der Waals surface area contributed by atoms with Gasteiger partial charge in [-0.3, -0.25) is 0 Å². The molecule has 152 valence electrons. The molecule has 0 spiro atoms. The summed E-state index contributed by atoms with van der Waals surface area (Å²) in [6.45, 7) is 4.17. The van der Waals surface area contributed by atoms with Crippen LogP contribution in [0.25, 0.3) is 33.7 Å². The number of benzene rings is 2. The molecule has 1 saturated carbocycles. The predicted molar refractivity (Wildman–Crippen MR) is 126 cm³/mol. The lowest BCUT2D eigenvalue weighted by atomic mass is 10.0. The minimum absolute atomic E-state index is 0.269. The molecule has 0 atom stereocenters. The molecule has 0 radical (unpaired) electrons. The topological polar surface area (TPSA) is 61.8 Å². The lowest BCUT2D eigenvalue weighted by molar-refractivity contribution is 0.628. The smallest absolute Gasteiger partial charge is 0.161 e. The summed E-state index contributed by atoms with van der Waals surface area (Å²) >= 11 is 2.13. The van der Waals surface area contributed by atoms with E-state index in [1.54, 1.807) is 8.96 Å². The van der Waals surface area contributed by atoms with E-state index >= 15 is 0 Å². The highest BCUT2D eigenvalue weighted by Gasteiger charge is 2.25. The quantitative estimate of drug-likeness (QED) is 0.352. The summed E-state index contributed by atoms with van der Waals surface area (Å²) in [4.78, 5) is 10.2. The van der Waals surface area contributed by atoms with Crippen molar-refractivity contribution in [2.24, 2.45) is 0 Å². The molecule has 0 amide bonds. The minimum atomic E-state index is -0.269. The van der Waals surface area contributed by atoms with Gasteiger partial charge in [0.15, 0.2) is 11.5 Å². The van der Waals surface area contributed by atoms with Crippen molar-refractivity contribution in [3.63, 3.8) is 0 Å². The summed E-state index contributed by atoms with van der Waals surface area (Å²) in [5.41, 5.74) is 4.94. The third-order valence-corrected chi connectivity index (χ3v) is 5.75. The van der Waals surface area contributed by atoms with Crippen molar-refractivity contribution in [2.75, 3.05) is 11.9 Å². The van der Waals surface area contributed by atoms with Crippen LogP contribution in [0.5, 0.6) is 0 Å². The van der Waals surface area contributed by atoms with Gasteiger partial charge in [-0.25, -0.2) is 12.3 Å². The Morgan fingerprint density at radius 3 is 2.87 bits per heavy atom. The normalized spacial score (nSPS) is 13.6. The Balaban J connectivity index is 1.57. The molecule has 1 fully saturated rings. The molecule has 2 aromatic heterocycles. The van der Waals surface area contributed by atoms with Gasteiger partial charge in [0.25, 0.3) is 0 Å². The van der Waals surface area contributed by atoms with Gasteiger partial charge in [-0.2, -0.15) is 5.10 Å². The average molecular weight is 514 g/mol. The Morgan fingerprint density at radius 1 is 1.30 bits per heavy atom. The van der Waals surface area contributed by atoms with Gasteiger partial charge in [0.1, 0.15) is 5.82 Å².